The van der Waals surface area contributed by atoms with Crippen molar-refractivity contribution >= 4 is 41.3 Å². The molecule has 0 aromatic heterocycles. The number of nitrogens with one attached hydrogen (secondary N) is 3. The van der Waals surface area contributed by atoms with Gasteiger partial charge in [-0.05, 0) is 43.0 Å². The molecule has 1 aliphatic carbocycles. The summed E-state index contributed by atoms with van der Waals surface area (Å²) in [6.07, 6.45) is 4.20. The number of esters is 1. The van der Waals surface area contributed by atoms with Crippen molar-refractivity contribution in [3.8, 4) is 0 Å². The van der Waals surface area contributed by atoms with Gasteiger partial charge in [-0.25, -0.2) is 9.59 Å². The second-order valence-electron chi connectivity index (χ2n) is 8.70. The van der Waals surface area contributed by atoms with Gasteiger partial charge in [0.15, 0.2) is 6.61 Å². The molecule has 184 valence electrons. The van der Waals surface area contributed by atoms with Crippen molar-refractivity contribution in [2.24, 2.45) is 5.92 Å². The Morgan fingerprint density at radius 3 is 2.41 bits per heavy atom. The van der Waals surface area contributed by atoms with Crippen molar-refractivity contribution in [1.82, 2.24) is 21.1 Å². The standard InChI is InChI=1S/C23H29ClN4O6/c1-3-14(2)18(25-19(30)15-7-9-16(24)10-8-15)20(31)34-13-17(29)27-28-21(32)23(26-22(28)33)11-5-4-6-12-23/h7-10,14,18H,3-6,11-13H2,1-2H3,(H,25,30)(H,26,33)(H,27,29)/t14-,18-/m0/s1. The lowest BCUT2D eigenvalue weighted by Crippen LogP contribution is -2.52. The number of hydrogen-bond acceptors (Lipinski definition) is 6. The Kier molecular flexibility index (Phi) is 8.14. The zero-order valence-electron chi connectivity index (χ0n) is 19.2. The molecule has 1 aromatic rings. The van der Waals surface area contributed by atoms with Crippen molar-refractivity contribution < 1.29 is 28.7 Å². The lowest BCUT2D eigenvalue weighted by Gasteiger charge is -2.30. The Balaban J connectivity index is 1.56. The van der Waals surface area contributed by atoms with Crippen LogP contribution in [-0.4, -0.2) is 52.9 Å². The number of hydrazine groups is 1. The summed E-state index contributed by atoms with van der Waals surface area (Å²) in [5, 5.41) is 6.44. The third kappa shape index (κ3) is 5.67. The predicted molar refractivity (Wildman–Crippen MR) is 122 cm³/mol. The van der Waals surface area contributed by atoms with E-state index in [-0.39, 0.29) is 5.92 Å². The van der Waals surface area contributed by atoms with Gasteiger partial charge in [-0.3, -0.25) is 19.8 Å². The zero-order chi connectivity index (χ0) is 24.9. The summed E-state index contributed by atoms with van der Waals surface area (Å²) >= 11 is 5.84. The highest BCUT2D eigenvalue weighted by Crippen LogP contribution is 2.32. The molecule has 1 saturated carbocycles. The van der Waals surface area contributed by atoms with E-state index in [0.717, 1.165) is 19.3 Å². The van der Waals surface area contributed by atoms with Crippen LogP contribution in [0.25, 0.3) is 0 Å². The molecule has 1 spiro atoms. The van der Waals surface area contributed by atoms with E-state index in [4.69, 9.17) is 16.3 Å². The highest BCUT2D eigenvalue weighted by Gasteiger charge is 2.52. The van der Waals surface area contributed by atoms with E-state index in [9.17, 15) is 24.0 Å². The summed E-state index contributed by atoms with van der Waals surface area (Å²) < 4.78 is 5.11. The molecule has 1 heterocycles. The molecule has 11 heteroatoms. The molecule has 5 amide bonds. The summed E-state index contributed by atoms with van der Waals surface area (Å²) in [5.41, 5.74) is 1.55. The first kappa shape index (κ1) is 25.5. The van der Waals surface area contributed by atoms with Crippen LogP contribution in [0.4, 0.5) is 4.79 Å². The highest BCUT2D eigenvalue weighted by atomic mass is 35.5. The van der Waals surface area contributed by atoms with Crippen molar-refractivity contribution in [3.05, 3.63) is 34.9 Å². The lowest BCUT2D eigenvalue weighted by atomic mass is 9.82. The number of carbonyl (C=O) groups excluding carboxylic acids is 5. The van der Waals surface area contributed by atoms with Gasteiger partial charge in [0.1, 0.15) is 11.6 Å². The second-order valence-corrected chi connectivity index (χ2v) is 9.14. The molecule has 2 atom stereocenters. The Bertz CT molecular complexity index is 961. The van der Waals surface area contributed by atoms with Crippen LogP contribution < -0.4 is 16.1 Å². The minimum absolute atomic E-state index is 0.274. The number of carbonyl (C=O) groups is 5. The minimum atomic E-state index is -0.997. The molecular weight excluding hydrogens is 464 g/mol. The molecular formula is C23H29ClN4O6. The molecule has 0 radical (unpaired) electrons. The van der Waals surface area contributed by atoms with Gasteiger partial charge in [-0.2, -0.15) is 5.01 Å². The van der Waals surface area contributed by atoms with E-state index in [1.165, 1.54) is 12.1 Å². The number of benzene rings is 1. The first-order chi connectivity index (χ1) is 16.2. The van der Waals surface area contributed by atoms with Crippen LogP contribution in [0.2, 0.25) is 5.02 Å². The normalized spacial score (nSPS) is 18.7. The summed E-state index contributed by atoms with van der Waals surface area (Å²) in [4.78, 5) is 62.6. The molecule has 0 unspecified atom stereocenters. The van der Waals surface area contributed by atoms with Crippen LogP contribution in [0.5, 0.6) is 0 Å². The molecule has 1 aromatic carbocycles. The fourth-order valence-electron chi connectivity index (χ4n) is 4.09. The number of hydrogen-bond donors (Lipinski definition) is 3. The molecule has 0 bridgehead atoms. The van der Waals surface area contributed by atoms with Gasteiger partial charge < -0.3 is 15.4 Å². The molecule has 2 fully saturated rings. The minimum Gasteiger partial charge on any atom is -0.454 e. The van der Waals surface area contributed by atoms with Crippen LogP contribution in [0.3, 0.4) is 0 Å². The Hall–Kier alpha value is -3.14. The van der Waals surface area contributed by atoms with Crippen molar-refractivity contribution in [3.63, 3.8) is 0 Å². The average molecular weight is 493 g/mol. The fourth-order valence-corrected chi connectivity index (χ4v) is 4.22. The van der Waals surface area contributed by atoms with E-state index < -0.39 is 47.9 Å². The average Bonchev–Trinajstić information content (AvgIpc) is 3.04. The number of imide groups is 1. The van der Waals surface area contributed by atoms with Gasteiger partial charge in [-0.1, -0.05) is 51.1 Å². The smallest absolute Gasteiger partial charge is 0.344 e. The first-order valence-electron chi connectivity index (χ1n) is 11.4. The summed E-state index contributed by atoms with van der Waals surface area (Å²) in [5.74, 6) is -2.90. The number of rotatable bonds is 8. The Morgan fingerprint density at radius 2 is 1.79 bits per heavy atom. The molecule has 10 nitrogen and oxygen atoms in total. The van der Waals surface area contributed by atoms with E-state index in [2.05, 4.69) is 16.1 Å². The van der Waals surface area contributed by atoms with Crippen LogP contribution >= 0.6 is 11.6 Å². The predicted octanol–water partition coefficient (Wildman–Crippen LogP) is 2.31. The largest absolute Gasteiger partial charge is 0.454 e. The number of nitrogens with zero attached hydrogens (tertiary/aromatic N) is 1. The van der Waals surface area contributed by atoms with Crippen LogP contribution in [-0.2, 0) is 19.1 Å². The van der Waals surface area contributed by atoms with E-state index in [0.29, 0.717) is 34.9 Å². The molecule has 1 saturated heterocycles. The van der Waals surface area contributed by atoms with Gasteiger partial charge in [0, 0.05) is 10.6 Å². The Morgan fingerprint density at radius 1 is 1.15 bits per heavy atom. The summed E-state index contributed by atoms with van der Waals surface area (Å²) in [6, 6.07) is 4.47. The van der Waals surface area contributed by atoms with Crippen LogP contribution in [0, 0.1) is 5.92 Å². The first-order valence-corrected chi connectivity index (χ1v) is 11.7. The second kappa shape index (κ2) is 10.9. The Labute approximate surface area is 202 Å². The number of urea groups is 1. The fraction of sp³-hybridized carbons (Fsp3) is 0.522. The number of ether oxygens (including phenoxy) is 1. The SMILES string of the molecule is CC[C@H](C)[C@H](NC(=O)c1ccc(Cl)cc1)C(=O)OCC(=O)NN1C(=O)NC2(CCCCC2)C1=O. The van der Waals surface area contributed by atoms with Crippen LogP contribution in [0.15, 0.2) is 24.3 Å². The van der Waals surface area contributed by atoms with Crippen molar-refractivity contribution in [1.29, 1.82) is 0 Å². The highest BCUT2D eigenvalue weighted by molar-refractivity contribution is 6.30. The molecule has 3 rings (SSSR count). The van der Waals surface area contributed by atoms with Crippen molar-refractivity contribution in [2.75, 3.05) is 6.61 Å². The number of halogens is 1. The maximum Gasteiger partial charge on any atom is 0.344 e. The summed E-state index contributed by atoms with van der Waals surface area (Å²) in [7, 11) is 0. The molecule has 34 heavy (non-hydrogen) atoms. The van der Waals surface area contributed by atoms with E-state index in [1.807, 2.05) is 6.92 Å². The molecule has 1 aliphatic heterocycles. The van der Waals surface area contributed by atoms with Gasteiger partial charge in [0.25, 0.3) is 17.7 Å². The van der Waals surface area contributed by atoms with Gasteiger partial charge >= 0.3 is 12.0 Å². The third-order valence-corrected chi connectivity index (χ3v) is 6.56. The quantitative estimate of drug-likeness (QED) is 0.376. The summed E-state index contributed by atoms with van der Waals surface area (Å²) in [6.45, 7) is 2.91. The van der Waals surface area contributed by atoms with Gasteiger partial charge in [-0.15, -0.1) is 0 Å². The third-order valence-electron chi connectivity index (χ3n) is 6.31. The van der Waals surface area contributed by atoms with E-state index >= 15 is 0 Å². The number of amides is 5. The monoisotopic (exact) mass is 492 g/mol. The van der Waals surface area contributed by atoms with Crippen LogP contribution in [0.1, 0.15) is 62.7 Å². The van der Waals surface area contributed by atoms with E-state index in [1.54, 1.807) is 19.1 Å². The van der Waals surface area contributed by atoms with Crippen molar-refractivity contribution in [2.45, 2.75) is 64.0 Å². The molecule has 3 N–H and O–H groups in total. The maximum atomic E-state index is 12.7. The lowest BCUT2D eigenvalue weighted by molar-refractivity contribution is -0.153. The van der Waals surface area contributed by atoms with Gasteiger partial charge in [0.05, 0.1) is 0 Å². The topological polar surface area (TPSA) is 134 Å². The maximum absolute atomic E-state index is 12.7. The van der Waals surface area contributed by atoms with Gasteiger partial charge in [0.2, 0.25) is 0 Å². The zero-order valence-corrected chi connectivity index (χ0v) is 19.9. The molecule has 2 aliphatic rings.